The van der Waals surface area contributed by atoms with E-state index in [-0.39, 0.29) is 30.6 Å². The molecule has 0 aromatic carbocycles. The van der Waals surface area contributed by atoms with Gasteiger partial charge >= 0.3 is 6.03 Å². The van der Waals surface area contributed by atoms with E-state index < -0.39 is 11.6 Å². The van der Waals surface area contributed by atoms with Crippen LogP contribution >= 0.6 is 0 Å². The number of nitrogens with zero attached hydrogens (tertiary/aromatic N) is 2. The van der Waals surface area contributed by atoms with E-state index in [1.165, 1.54) is 0 Å². The molecule has 1 saturated carbocycles. The number of morpholine rings is 1. The van der Waals surface area contributed by atoms with Crippen molar-refractivity contribution in [2.24, 2.45) is 0 Å². The highest BCUT2D eigenvalue weighted by molar-refractivity contribution is 6.08. The Hall–Kier alpha value is -1.67. The zero-order valence-electron chi connectivity index (χ0n) is 14.3. The van der Waals surface area contributed by atoms with Crippen LogP contribution in [0.2, 0.25) is 0 Å². The lowest BCUT2D eigenvalue weighted by atomic mass is 9.82. The Bertz CT molecular complexity index is 522. The maximum Gasteiger partial charge on any atom is 0.344 e. The fourth-order valence-electron chi connectivity index (χ4n) is 3.99. The van der Waals surface area contributed by atoms with Crippen molar-refractivity contribution in [3.63, 3.8) is 0 Å². The molecule has 4 amide bonds. The minimum atomic E-state index is -0.815. The lowest BCUT2D eigenvalue weighted by molar-refractivity contribution is -0.141. The molecule has 3 aliphatic rings. The third-order valence-electron chi connectivity index (χ3n) is 4.97. The monoisotopic (exact) mass is 338 g/mol. The molecule has 8 heteroatoms. The molecular formula is C16H26N4O4. The van der Waals surface area contributed by atoms with Gasteiger partial charge in [-0.15, -0.1) is 0 Å². The smallest absolute Gasteiger partial charge is 0.344 e. The molecule has 0 radical (unpaired) electrons. The van der Waals surface area contributed by atoms with Gasteiger partial charge in [-0.1, -0.05) is 19.3 Å². The highest BCUT2D eigenvalue weighted by Gasteiger charge is 2.52. The molecule has 0 aromatic heterocycles. The minimum Gasteiger partial charge on any atom is -0.373 e. The van der Waals surface area contributed by atoms with E-state index >= 15 is 0 Å². The first-order valence-corrected chi connectivity index (χ1v) is 8.74. The maximum atomic E-state index is 12.6. The number of ether oxygens (including phenoxy) is 1. The van der Waals surface area contributed by atoms with Crippen molar-refractivity contribution in [1.82, 2.24) is 20.7 Å². The summed E-state index contributed by atoms with van der Waals surface area (Å²) in [5, 5.41) is 3.64. The molecule has 2 saturated heterocycles. The number of imide groups is 1. The second-order valence-corrected chi connectivity index (χ2v) is 7.20. The predicted octanol–water partition coefficient (Wildman–Crippen LogP) is 0.382. The third kappa shape index (κ3) is 3.39. The molecule has 2 heterocycles. The first-order valence-electron chi connectivity index (χ1n) is 8.74. The summed E-state index contributed by atoms with van der Waals surface area (Å²) in [5.41, 5.74) is 1.66. The van der Waals surface area contributed by atoms with Crippen LogP contribution in [0.4, 0.5) is 4.79 Å². The second kappa shape index (κ2) is 6.68. The lowest BCUT2D eigenvalue weighted by Crippen LogP contribution is -2.54. The Morgan fingerprint density at radius 2 is 1.83 bits per heavy atom. The van der Waals surface area contributed by atoms with Crippen molar-refractivity contribution in [1.29, 1.82) is 0 Å². The highest BCUT2D eigenvalue weighted by atomic mass is 16.5. The van der Waals surface area contributed by atoms with Crippen molar-refractivity contribution in [2.75, 3.05) is 19.6 Å². The third-order valence-corrected chi connectivity index (χ3v) is 4.97. The van der Waals surface area contributed by atoms with E-state index in [1.54, 1.807) is 0 Å². The van der Waals surface area contributed by atoms with E-state index in [2.05, 4.69) is 10.7 Å². The van der Waals surface area contributed by atoms with Gasteiger partial charge in [0.25, 0.3) is 11.8 Å². The molecule has 2 atom stereocenters. The molecule has 0 bridgehead atoms. The lowest BCUT2D eigenvalue weighted by Gasteiger charge is -2.35. The van der Waals surface area contributed by atoms with E-state index in [0.717, 1.165) is 24.3 Å². The zero-order valence-corrected chi connectivity index (χ0v) is 14.3. The van der Waals surface area contributed by atoms with Crippen LogP contribution in [-0.4, -0.2) is 65.1 Å². The molecule has 1 spiro atoms. The van der Waals surface area contributed by atoms with E-state index in [1.807, 2.05) is 18.7 Å². The molecule has 0 unspecified atom stereocenters. The number of nitrogens with one attached hydrogen (secondary N) is 2. The van der Waals surface area contributed by atoms with E-state index in [4.69, 9.17) is 4.74 Å². The fourth-order valence-corrected chi connectivity index (χ4v) is 3.99. The number of hydrogen-bond donors (Lipinski definition) is 2. The van der Waals surface area contributed by atoms with E-state index in [9.17, 15) is 14.4 Å². The molecule has 2 aliphatic heterocycles. The topological polar surface area (TPSA) is 91.0 Å². The highest BCUT2D eigenvalue weighted by Crippen LogP contribution is 2.32. The van der Waals surface area contributed by atoms with Crippen LogP contribution in [0.25, 0.3) is 0 Å². The summed E-state index contributed by atoms with van der Waals surface area (Å²) in [5.74, 6) is -0.683. The number of hydrazine groups is 1. The van der Waals surface area contributed by atoms with Gasteiger partial charge < -0.3 is 10.1 Å². The molecule has 2 N–H and O–H groups in total. The van der Waals surface area contributed by atoms with Gasteiger partial charge in [0.2, 0.25) is 0 Å². The first kappa shape index (κ1) is 17.2. The van der Waals surface area contributed by atoms with Crippen molar-refractivity contribution in [3.05, 3.63) is 0 Å². The summed E-state index contributed by atoms with van der Waals surface area (Å²) in [6, 6.07) is -0.529. The van der Waals surface area contributed by atoms with Gasteiger partial charge in [0.1, 0.15) is 5.54 Å². The van der Waals surface area contributed by atoms with Crippen molar-refractivity contribution < 1.29 is 19.1 Å². The predicted molar refractivity (Wildman–Crippen MR) is 85.8 cm³/mol. The van der Waals surface area contributed by atoms with Gasteiger partial charge in [0, 0.05) is 13.1 Å². The molecule has 24 heavy (non-hydrogen) atoms. The van der Waals surface area contributed by atoms with Crippen LogP contribution < -0.4 is 10.7 Å². The van der Waals surface area contributed by atoms with Gasteiger partial charge in [0.05, 0.1) is 18.8 Å². The normalized spacial score (nSPS) is 30.5. The Labute approximate surface area is 141 Å². The number of hydrogen-bond acceptors (Lipinski definition) is 5. The van der Waals surface area contributed by atoms with Crippen LogP contribution in [0.3, 0.4) is 0 Å². The van der Waals surface area contributed by atoms with Crippen LogP contribution in [0.5, 0.6) is 0 Å². The van der Waals surface area contributed by atoms with Crippen molar-refractivity contribution >= 4 is 17.8 Å². The van der Waals surface area contributed by atoms with E-state index in [0.29, 0.717) is 25.9 Å². The van der Waals surface area contributed by atoms with Crippen molar-refractivity contribution in [2.45, 2.75) is 63.7 Å². The van der Waals surface area contributed by atoms with Crippen LogP contribution in [0.15, 0.2) is 0 Å². The largest absolute Gasteiger partial charge is 0.373 e. The average Bonchev–Trinajstić information content (AvgIpc) is 2.71. The standard InChI is InChI=1S/C16H26N4O4/c1-11-8-19(9-12(2)24-11)10-13(21)18-20-14(22)16(17-15(20)23)6-4-3-5-7-16/h11-12H,3-10H2,1-2H3,(H,17,23)(H,18,21)/t11-,12-/m0/s1. The maximum absolute atomic E-state index is 12.6. The summed E-state index contributed by atoms with van der Waals surface area (Å²) < 4.78 is 5.64. The summed E-state index contributed by atoms with van der Waals surface area (Å²) >= 11 is 0. The van der Waals surface area contributed by atoms with Gasteiger partial charge in [0.15, 0.2) is 0 Å². The molecule has 8 nitrogen and oxygen atoms in total. The Balaban J connectivity index is 1.58. The molecule has 3 rings (SSSR count). The number of rotatable bonds is 3. The van der Waals surface area contributed by atoms with Gasteiger partial charge in [-0.2, -0.15) is 5.01 Å². The first-order chi connectivity index (χ1) is 11.4. The molecule has 3 fully saturated rings. The van der Waals surface area contributed by atoms with Gasteiger partial charge in [-0.25, -0.2) is 4.79 Å². The van der Waals surface area contributed by atoms with Crippen LogP contribution in [0.1, 0.15) is 46.0 Å². The fraction of sp³-hybridized carbons (Fsp3) is 0.812. The molecule has 134 valence electrons. The molecule has 1 aliphatic carbocycles. The quantitative estimate of drug-likeness (QED) is 0.726. The van der Waals surface area contributed by atoms with Gasteiger partial charge in [-0.05, 0) is 26.7 Å². The molecular weight excluding hydrogens is 312 g/mol. The van der Waals surface area contributed by atoms with Crippen molar-refractivity contribution in [3.8, 4) is 0 Å². The summed E-state index contributed by atoms with van der Waals surface area (Å²) in [6.07, 6.45) is 4.30. The second-order valence-electron chi connectivity index (χ2n) is 7.20. The molecule has 0 aromatic rings. The number of carbonyl (C=O) groups excluding carboxylic acids is 3. The zero-order chi connectivity index (χ0) is 17.3. The average molecular weight is 338 g/mol. The minimum absolute atomic E-state index is 0.0591. The Morgan fingerprint density at radius 1 is 1.21 bits per heavy atom. The SMILES string of the molecule is C[C@H]1CN(CC(=O)NN2C(=O)NC3(CCCCC3)C2=O)C[C@H](C)O1. The Morgan fingerprint density at radius 3 is 2.46 bits per heavy atom. The summed E-state index contributed by atoms with van der Waals surface area (Å²) in [7, 11) is 0. The number of urea groups is 1. The number of amides is 4. The van der Waals surface area contributed by atoms with Gasteiger partial charge in [-0.3, -0.25) is 19.9 Å². The summed E-state index contributed by atoms with van der Waals surface area (Å²) in [4.78, 5) is 39.0. The van der Waals surface area contributed by atoms with Crippen LogP contribution in [0, 0.1) is 0 Å². The Kier molecular flexibility index (Phi) is 4.78. The summed E-state index contributed by atoms with van der Waals surface area (Å²) in [6.45, 7) is 5.38. The van der Waals surface area contributed by atoms with Crippen LogP contribution in [-0.2, 0) is 14.3 Å². The number of carbonyl (C=O) groups is 3.